The molecule has 0 saturated carbocycles. The topological polar surface area (TPSA) is 138 Å². The van der Waals surface area contributed by atoms with Crippen LogP contribution in [0.4, 0.5) is 11.5 Å². The van der Waals surface area contributed by atoms with Crippen LogP contribution >= 0.6 is 31.9 Å². The highest BCUT2D eigenvalue weighted by Gasteiger charge is 2.39. The highest BCUT2D eigenvalue weighted by atomic mass is 79.9. The number of aliphatic hydroxyl groups is 1. The van der Waals surface area contributed by atoms with Gasteiger partial charge in [-0.1, -0.05) is 93.0 Å². The Hall–Kier alpha value is -3.41. The molecule has 286 valence electrons. The molecule has 3 heterocycles. The molecule has 5 rings (SSSR count). The van der Waals surface area contributed by atoms with E-state index in [0.29, 0.717) is 33.8 Å². The quantitative estimate of drug-likeness (QED) is 0.0803. The Balaban J connectivity index is 0.000000322. The van der Waals surface area contributed by atoms with Crippen LogP contribution in [-0.4, -0.2) is 52.8 Å². The van der Waals surface area contributed by atoms with Gasteiger partial charge in [0.05, 0.1) is 53.0 Å². The van der Waals surface area contributed by atoms with E-state index in [0.717, 1.165) is 38.9 Å². The fourth-order valence-electron chi connectivity index (χ4n) is 4.53. The average Bonchev–Trinajstić information content (AvgIpc) is 3.47. The van der Waals surface area contributed by atoms with Crippen molar-refractivity contribution < 1.29 is 19.1 Å². The minimum atomic E-state index is -2.00. The summed E-state index contributed by atoms with van der Waals surface area (Å²) in [6.45, 7) is 22.9. The first-order valence-corrected chi connectivity index (χ1v) is 24.4. The summed E-state index contributed by atoms with van der Waals surface area (Å²) in [7, 11) is -3.84. The van der Waals surface area contributed by atoms with Gasteiger partial charge >= 0.3 is 0 Å². The summed E-state index contributed by atoms with van der Waals surface area (Å²) in [5.74, 6) is 2.18. The molecule has 0 bridgehead atoms. The van der Waals surface area contributed by atoms with Crippen LogP contribution in [-0.2, 0) is 17.6 Å². The first-order chi connectivity index (χ1) is 24.2. The summed E-state index contributed by atoms with van der Waals surface area (Å²) in [4.78, 5) is 9.06. The summed E-state index contributed by atoms with van der Waals surface area (Å²) in [5, 5.41) is 35.1. The number of aliphatic hydroxyl groups excluding tert-OH is 1. The standard InChI is InChI=1S/C25H38BrN3O2Si2.C13H12BrN3O2.CH4/c1-24(2,3)32(7,8)30-17-19-12-11-13-23(28-19)29-21-14-18(26)15-22(20(21)16-27-29)31-33(9,10)25(4,5)6;14-8-4-11(10(6-15)12(19)5-8)17-13-3-1-2-9(7-18)16-13;/h11-16H,17H2,1-10H3;1-6,15,18-19H,7H2,(H,16,17);1H4. The molecule has 2 aromatic carbocycles. The number of hydrogen-bond acceptors (Lipinski definition) is 9. The van der Waals surface area contributed by atoms with Crippen LogP contribution in [0.3, 0.4) is 0 Å². The molecule has 0 unspecified atom stereocenters. The number of phenols is 1. The highest BCUT2D eigenvalue weighted by Crippen LogP contribution is 2.41. The largest absolute Gasteiger partial charge is 0.543 e. The van der Waals surface area contributed by atoms with Crippen molar-refractivity contribution in [2.24, 2.45) is 0 Å². The van der Waals surface area contributed by atoms with Crippen LogP contribution in [0.1, 0.15) is 65.9 Å². The Bertz CT molecular complexity index is 2040. The molecule has 0 fully saturated rings. The normalized spacial score (nSPS) is 12.1. The van der Waals surface area contributed by atoms with E-state index in [2.05, 4.69) is 121 Å². The molecular weight excluding hydrogens is 832 g/mol. The fraction of sp³-hybridized carbons (Fsp3) is 0.385. The van der Waals surface area contributed by atoms with Crippen molar-refractivity contribution in [3.63, 3.8) is 0 Å². The van der Waals surface area contributed by atoms with E-state index in [9.17, 15) is 5.11 Å². The zero-order chi connectivity index (χ0) is 38.6. The monoisotopic (exact) mass is 884 g/mol. The van der Waals surface area contributed by atoms with Gasteiger partial charge in [-0.2, -0.15) is 5.10 Å². The number of pyridine rings is 2. The number of aromatic hydroxyl groups is 1. The van der Waals surface area contributed by atoms with E-state index in [1.54, 1.807) is 24.3 Å². The van der Waals surface area contributed by atoms with Gasteiger partial charge in [0, 0.05) is 15.2 Å². The lowest BCUT2D eigenvalue weighted by molar-refractivity contribution is 0.272. The molecule has 53 heavy (non-hydrogen) atoms. The van der Waals surface area contributed by atoms with Crippen molar-refractivity contribution in [2.45, 2.75) is 98.4 Å². The third kappa shape index (κ3) is 10.9. The van der Waals surface area contributed by atoms with E-state index >= 15 is 0 Å². The summed E-state index contributed by atoms with van der Waals surface area (Å²) in [6, 6.07) is 18.6. The second-order valence-electron chi connectivity index (χ2n) is 15.6. The van der Waals surface area contributed by atoms with Gasteiger partial charge in [-0.3, -0.25) is 0 Å². The van der Waals surface area contributed by atoms with Gasteiger partial charge < -0.3 is 29.8 Å². The fourth-order valence-corrected chi connectivity index (χ4v) is 7.36. The maximum Gasteiger partial charge on any atom is 0.250 e. The molecule has 0 saturated heterocycles. The Morgan fingerprint density at radius 1 is 0.868 bits per heavy atom. The lowest BCUT2D eigenvalue weighted by Crippen LogP contribution is -2.43. The van der Waals surface area contributed by atoms with E-state index in [4.69, 9.17) is 24.4 Å². The predicted octanol–water partition coefficient (Wildman–Crippen LogP) is 11.5. The van der Waals surface area contributed by atoms with Gasteiger partial charge in [0.25, 0.3) is 8.32 Å². The summed E-state index contributed by atoms with van der Waals surface area (Å²) in [6.07, 6.45) is 2.95. The van der Waals surface area contributed by atoms with Crippen LogP contribution in [0, 0.1) is 5.41 Å². The van der Waals surface area contributed by atoms with Crippen molar-refractivity contribution in [1.29, 1.82) is 5.41 Å². The number of nitrogens with one attached hydrogen (secondary N) is 2. The average molecular weight is 887 g/mol. The molecule has 5 aromatic rings. The second-order valence-corrected chi connectivity index (χ2v) is 27.0. The molecule has 0 atom stereocenters. The number of halogens is 2. The van der Waals surface area contributed by atoms with Crippen molar-refractivity contribution in [1.82, 2.24) is 19.7 Å². The van der Waals surface area contributed by atoms with Crippen LogP contribution in [0.5, 0.6) is 11.5 Å². The molecule has 0 amide bonds. The predicted molar refractivity (Wildman–Crippen MR) is 230 cm³/mol. The minimum Gasteiger partial charge on any atom is -0.543 e. The third-order valence-electron chi connectivity index (χ3n) is 9.68. The number of fused-ring (bicyclic) bond motifs is 1. The first kappa shape index (κ1) is 44.0. The van der Waals surface area contributed by atoms with Gasteiger partial charge in [0.2, 0.25) is 0 Å². The number of aromatic nitrogens is 4. The summed E-state index contributed by atoms with van der Waals surface area (Å²) in [5.41, 5.74) is 3.35. The Kier molecular flexibility index (Phi) is 14.4. The van der Waals surface area contributed by atoms with Crippen LogP contribution in [0.2, 0.25) is 36.3 Å². The molecule has 0 radical (unpaired) electrons. The Morgan fingerprint density at radius 3 is 2.11 bits per heavy atom. The lowest BCUT2D eigenvalue weighted by atomic mass is 10.1. The number of anilines is 2. The Morgan fingerprint density at radius 2 is 1.49 bits per heavy atom. The van der Waals surface area contributed by atoms with Crippen LogP contribution in [0.15, 0.2) is 75.8 Å². The number of hydrogen-bond donors (Lipinski definition) is 4. The summed E-state index contributed by atoms with van der Waals surface area (Å²) < 4.78 is 16.6. The molecule has 0 aliphatic heterocycles. The number of phenolic OH excluding ortho intramolecular Hbond substituents is 1. The maximum atomic E-state index is 9.77. The second kappa shape index (κ2) is 17.4. The Labute approximate surface area is 333 Å². The van der Waals surface area contributed by atoms with E-state index in [-0.39, 0.29) is 29.9 Å². The lowest BCUT2D eigenvalue weighted by Gasteiger charge is -2.36. The van der Waals surface area contributed by atoms with Crippen molar-refractivity contribution in [3.05, 3.63) is 92.8 Å². The number of benzene rings is 2. The molecular formula is C39H54Br2N6O4Si2. The highest BCUT2D eigenvalue weighted by molar-refractivity contribution is 9.10. The molecule has 0 spiro atoms. The zero-order valence-electron chi connectivity index (χ0n) is 31.6. The molecule has 10 nitrogen and oxygen atoms in total. The molecule has 4 N–H and O–H groups in total. The smallest absolute Gasteiger partial charge is 0.250 e. The molecule has 3 aromatic heterocycles. The summed E-state index contributed by atoms with van der Waals surface area (Å²) >= 11 is 6.95. The van der Waals surface area contributed by atoms with Gasteiger partial charge in [0.1, 0.15) is 17.3 Å². The van der Waals surface area contributed by atoms with E-state index < -0.39 is 16.6 Å². The van der Waals surface area contributed by atoms with Crippen LogP contribution < -0.4 is 9.74 Å². The molecule has 0 aliphatic rings. The molecule has 0 aliphatic carbocycles. The third-order valence-corrected chi connectivity index (χ3v) is 19.4. The number of nitrogens with zero attached hydrogens (tertiary/aromatic N) is 4. The van der Waals surface area contributed by atoms with E-state index in [1.807, 2.05) is 35.1 Å². The van der Waals surface area contributed by atoms with Gasteiger partial charge in [-0.15, -0.1) is 0 Å². The molecule has 14 heteroatoms. The first-order valence-electron chi connectivity index (χ1n) is 17.0. The van der Waals surface area contributed by atoms with Gasteiger partial charge in [-0.05, 0) is 84.8 Å². The van der Waals surface area contributed by atoms with E-state index in [1.165, 1.54) is 6.07 Å². The van der Waals surface area contributed by atoms with Crippen molar-refractivity contribution in [3.8, 4) is 17.3 Å². The van der Waals surface area contributed by atoms with Crippen molar-refractivity contribution in [2.75, 3.05) is 5.32 Å². The minimum absolute atomic E-state index is 0. The van der Waals surface area contributed by atoms with Gasteiger partial charge in [-0.25, -0.2) is 14.6 Å². The SMILES string of the molecule is C.CC(C)(C)[Si](C)(C)OCc1cccc(-n2ncc3c(O[Si](C)(C)C(C)(C)C)cc(Br)cc32)n1.N=Cc1c(O)cc(Br)cc1Nc1cccc(CO)n1. The van der Waals surface area contributed by atoms with Crippen molar-refractivity contribution >= 4 is 77.1 Å². The van der Waals surface area contributed by atoms with Crippen LogP contribution in [0.25, 0.3) is 16.7 Å². The zero-order valence-corrected chi connectivity index (χ0v) is 36.8. The maximum absolute atomic E-state index is 9.77. The number of rotatable bonds is 10. The van der Waals surface area contributed by atoms with Gasteiger partial charge in [0.15, 0.2) is 14.1 Å².